The molecule has 0 saturated heterocycles. The number of hydrogen-bond acceptors (Lipinski definition) is 3. The maximum absolute atomic E-state index is 9.14. The molecule has 4 nitrogen and oxygen atoms in total. The lowest BCUT2D eigenvalue weighted by Gasteiger charge is -2.16. The maximum Gasteiger partial charge on any atom is 0.228 e. The fraction of sp³-hybridized carbons (Fsp3) is 0.227. The number of furan rings is 1. The second-order valence-electron chi connectivity index (χ2n) is 8.06. The van der Waals surface area contributed by atoms with Crippen molar-refractivity contribution < 1.29 is 8.98 Å². The SMILES string of the molecule is Cc1ccc2c(oc3nc(C#N)ccc32)c1-c1cc([Si](C)(C)C)cc[n+]1C. The number of nitriles is 1. The van der Waals surface area contributed by atoms with Gasteiger partial charge in [0, 0.05) is 22.9 Å². The number of pyridine rings is 2. The van der Waals surface area contributed by atoms with E-state index < -0.39 is 8.07 Å². The van der Waals surface area contributed by atoms with E-state index in [1.807, 2.05) is 6.07 Å². The molecule has 0 aliphatic heterocycles. The van der Waals surface area contributed by atoms with E-state index in [1.54, 1.807) is 6.07 Å². The third-order valence-corrected chi connectivity index (χ3v) is 7.14. The van der Waals surface area contributed by atoms with Gasteiger partial charge in [-0.3, -0.25) is 0 Å². The molecule has 0 N–H and O–H groups in total. The molecule has 3 heterocycles. The van der Waals surface area contributed by atoms with E-state index in [9.17, 15) is 0 Å². The number of fused-ring (bicyclic) bond motifs is 3. The molecule has 0 fully saturated rings. The first-order chi connectivity index (χ1) is 12.8. The van der Waals surface area contributed by atoms with Crippen LogP contribution in [0.1, 0.15) is 11.3 Å². The Balaban J connectivity index is 2.08. The van der Waals surface area contributed by atoms with Gasteiger partial charge < -0.3 is 4.42 Å². The average molecular weight is 373 g/mol. The topological polar surface area (TPSA) is 53.7 Å². The van der Waals surface area contributed by atoms with Crippen LogP contribution in [0, 0.1) is 18.3 Å². The van der Waals surface area contributed by atoms with Gasteiger partial charge in [0.25, 0.3) is 0 Å². The Morgan fingerprint density at radius 2 is 1.81 bits per heavy atom. The van der Waals surface area contributed by atoms with Crippen LogP contribution in [-0.2, 0) is 7.05 Å². The summed E-state index contributed by atoms with van der Waals surface area (Å²) >= 11 is 0. The van der Waals surface area contributed by atoms with Crippen molar-refractivity contribution in [1.82, 2.24) is 4.98 Å². The van der Waals surface area contributed by atoms with E-state index in [2.05, 4.69) is 79.7 Å². The highest BCUT2D eigenvalue weighted by atomic mass is 28.3. The molecule has 0 spiro atoms. The quantitative estimate of drug-likeness (QED) is 0.391. The van der Waals surface area contributed by atoms with Crippen LogP contribution in [0.4, 0.5) is 0 Å². The molecule has 4 rings (SSSR count). The number of rotatable bonds is 2. The lowest BCUT2D eigenvalue weighted by Crippen LogP contribution is -2.42. The van der Waals surface area contributed by atoms with Gasteiger partial charge in [-0.25, -0.2) is 9.55 Å². The van der Waals surface area contributed by atoms with Crippen LogP contribution in [0.2, 0.25) is 19.6 Å². The fourth-order valence-electron chi connectivity index (χ4n) is 3.48. The van der Waals surface area contributed by atoms with Gasteiger partial charge in [-0.2, -0.15) is 5.26 Å². The monoisotopic (exact) mass is 372 g/mol. The van der Waals surface area contributed by atoms with E-state index in [0.717, 1.165) is 33.2 Å². The van der Waals surface area contributed by atoms with Gasteiger partial charge >= 0.3 is 0 Å². The van der Waals surface area contributed by atoms with Crippen LogP contribution in [0.15, 0.2) is 47.0 Å². The Kier molecular flexibility index (Phi) is 3.90. The first-order valence-electron chi connectivity index (χ1n) is 9.03. The van der Waals surface area contributed by atoms with Crippen LogP contribution in [0.3, 0.4) is 0 Å². The number of hydrogen-bond donors (Lipinski definition) is 0. The van der Waals surface area contributed by atoms with E-state index in [0.29, 0.717) is 11.4 Å². The van der Waals surface area contributed by atoms with E-state index in [-0.39, 0.29) is 0 Å². The highest BCUT2D eigenvalue weighted by molar-refractivity contribution is 6.88. The van der Waals surface area contributed by atoms with Gasteiger partial charge in [0.2, 0.25) is 11.4 Å². The standard InChI is InChI=1S/C22H22N3OSi/c1-14-6-8-17-18-9-7-15(13-23)24-22(18)26-21(17)20(14)19-12-16(27(3,4)5)10-11-25(19)2/h6-12H,1-5H3/q+1. The van der Waals surface area contributed by atoms with Gasteiger partial charge in [0.1, 0.15) is 18.8 Å². The molecule has 0 aliphatic rings. The van der Waals surface area contributed by atoms with E-state index >= 15 is 0 Å². The Morgan fingerprint density at radius 3 is 2.52 bits per heavy atom. The molecule has 4 aromatic rings. The van der Waals surface area contributed by atoms with Crippen molar-refractivity contribution in [2.24, 2.45) is 7.05 Å². The van der Waals surface area contributed by atoms with Crippen LogP contribution >= 0.6 is 0 Å². The lowest BCUT2D eigenvalue weighted by molar-refractivity contribution is -0.660. The fourth-order valence-corrected chi connectivity index (χ4v) is 4.63. The van der Waals surface area contributed by atoms with Crippen LogP contribution in [0.25, 0.3) is 33.3 Å². The van der Waals surface area contributed by atoms with Crippen LogP contribution in [-0.4, -0.2) is 13.1 Å². The summed E-state index contributed by atoms with van der Waals surface area (Å²) in [5.74, 6) is 0. The maximum atomic E-state index is 9.14. The minimum Gasteiger partial charge on any atom is -0.437 e. The van der Waals surface area contributed by atoms with Gasteiger partial charge in [0.05, 0.1) is 13.6 Å². The average Bonchev–Trinajstić information content (AvgIpc) is 2.99. The zero-order valence-corrected chi connectivity index (χ0v) is 17.3. The molecule has 0 atom stereocenters. The largest absolute Gasteiger partial charge is 0.437 e. The summed E-state index contributed by atoms with van der Waals surface area (Å²) in [6.45, 7) is 9.17. The molecule has 27 heavy (non-hydrogen) atoms. The lowest BCUT2D eigenvalue weighted by atomic mass is 10.0. The Hall–Kier alpha value is -2.97. The minimum atomic E-state index is -1.44. The molecular formula is C22H22N3OSi+. The zero-order chi connectivity index (χ0) is 19.3. The minimum absolute atomic E-state index is 0.367. The summed E-state index contributed by atoms with van der Waals surface area (Å²) in [5, 5.41) is 12.5. The predicted molar refractivity (Wildman–Crippen MR) is 111 cm³/mol. The highest BCUT2D eigenvalue weighted by Gasteiger charge is 2.25. The smallest absolute Gasteiger partial charge is 0.228 e. The van der Waals surface area contributed by atoms with Crippen molar-refractivity contribution in [3.05, 3.63) is 53.9 Å². The summed E-state index contributed by atoms with van der Waals surface area (Å²) in [6, 6.07) is 14.5. The molecule has 1 aromatic carbocycles. The summed E-state index contributed by atoms with van der Waals surface area (Å²) in [4.78, 5) is 4.35. The summed E-state index contributed by atoms with van der Waals surface area (Å²) < 4.78 is 8.32. The molecule has 0 aliphatic carbocycles. The first-order valence-corrected chi connectivity index (χ1v) is 12.5. The van der Waals surface area contributed by atoms with Gasteiger partial charge in [-0.15, -0.1) is 0 Å². The molecule has 134 valence electrons. The van der Waals surface area contributed by atoms with E-state index in [1.165, 1.54) is 5.19 Å². The van der Waals surface area contributed by atoms with Gasteiger partial charge in [0.15, 0.2) is 11.8 Å². The van der Waals surface area contributed by atoms with Gasteiger partial charge in [-0.1, -0.05) is 31.8 Å². The molecular weight excluding hydrogens is 350 g/mol. The second kappa shape index (κ2) is 6.03. The third-order valence-electron chi connectivity index (χ3n) is 5.10. The Bertz CT molecular complexity index is 1240. The molecule has 0 radical (unpaired) electrons. The Morgan fingerprint density at radius 1 is 1.07 bits per heavy atom. The van der Waals surface area contributed by atoms with E-state index in [4.69, 9.17) is 9.68 Å². The second-order valence-corrected chi connectivity index (χ2v) is 13.1. The number of aryl methyl sites for hydroxylation is 2. The number of benzene rings is 1. The van der Waals surface area contributed by atoms with Crippen molar-refractivity contribution in [1.29, 1.82) is 5.26 Å². The zero-order valence-electron chi connectivity index (χ0n) is 16.3. The summed E-state index contributed by atoms with van der Waals surface area (Å²) in [5.41, 5.74) is 5.09. The van der Waals surface area contributed by atoms with Crippen molar-refractivity contribution >= 4 is 35.3 Å². The van der Waals surface area contributed by atoms with Crippen LogP contribution in [0.5, 0.6) is 0 Å². The van der Waals surface area contributed by atoms with Crippen molar-refractivity contribution in [3.8, 4) is 17.3 Å². The van der Waals surface area contributed by atoms with Crippen molar-refractivity contribution in [2.75, 3.05) is 0 Å². The summed E-state index contributed by atoms with van der Waals surface area (Å²) in [7, 11) is 0.624. The van der Waals surface area contributed by atoms with Crippen molar-refractivity contribution in [3.63, 3.8) is 0 Å². The molecule has 5 heteroatoms. The van der Waals surface area contributed by atoms with Gasteiger partial charge in [-0.05, 0) is 29.8 Å². The molecule has 0 unspecified atom stereocenters. The highest BCUT2D eigenvalue weighted by Crippen LogP contribution is 2.36. The summed E-state index contributed by atoms with van der Waals surface area (Å²) in [6.07, 6.45) is 2.13. The molecule has 3 aromatic heterocycles. The first kappa shape index (κ1) is 17.4. The predicted octanol–water partition coefficient (Wildman–Crippen LogP) is 4.20. The van der Waals surface area contributed by atoms with Crippen molar-refractivity contribution in [2.45, 2.75) is 26.6 Å². The number of aromatic nitrogens is 2. The molecule has 0 saturated carbocycles. The normalized spacial score (nSPS) is 11.9. The third kappa shape index (κ3) is 2.83. The Labute approximate surface area is 159 Å². The molecule has 0 bridgehead atoms. The molecule has 0 amide bonds. The van der Waals surface area contributed by atoms with Crippen LogP contribution < -0.4 is 9.75 Å². The number of nitrogens with zero attached hydrogens (tertiary/aromatic N) is 3.